The second-order valence-corrected chi connectivity index (χ2v) is 12.4. The molecule has 2 fully saturated rings. The number of benzene rings is 3. The molecule has 10 heteroatoms. The number of methoxy groups -OCH3 is 1. The summed E-state index contributed by atoms with van der Waals surface area (Å²) >= 11 is 6.26. The number of esters is 1. The first-order valence-corrected chi connectivity index (χ1v) is 15.8. The van der Waals surface area contributed by atoms with Gasteiger partial charge in [0.1, 0.15) is 23.8 Å². The number of rotatable bonds is 9. The van der Waals surface area contributed by atoms with Gasteiger partial charge in [-0.15, -0.1) is 0 Å². The van der Waals surface area contributed by atoms with E-state index in [-0.39, 0.29) is 18.7 Å². The number of fused-ring (bicyclic) bond motifs is 2. The van der Waals surface area contributed by atoms with Crippen molar-refractivity contribution < 1.29 is 27.8 Å². The summed E-state index contributed by atoms with van der Waals surface area (Å²) in [7, 11) is 1.40. The molecule has 7 rings (SSSR count). The van der Waals surface area contributed by atoms with Gasteiger partial charge in [0.05, 0.1) is 47.9 Å². The summed E-state index contributed by atoms with van der Waals surface area (Å²) < 4.78 is 38.6. The molecule has 4 heterocycles. The Labute approximate surface area is 265 Å². The summed E-state index contributed by atoms with van der Waals surface area (Å²) in [6, 6.07) is 16.0. The van der Waals surface area contributed by atoms with E-state index in [2.05, 4.69) is 34.6 Å². The minimum absolute atomic E-state index is 0.157. The second-order valence-electron chi connectivity index (χ2n) is 11.9. The van der Waals surface area contributed by atoms with Crippen LogP contribution < -0.4 is 4.74 Å². The predicted molar refractivity (Wildman–Crippen MR) is 169 cm³/mol. The lowest BCUT2D eigenvalue weighted by Crippen LogP contribution is -2.35. The lowest BCUT2D eigenvalue weighted by molar-refractivity contribution is -0.0592. The van der Waals surface area contributed by atoms with Gasteiger partial charge in [-0.2, -0.15) is 4.39 Å². The number of likely N-dealkylation sites (tertiary alicyclic amines) is 1. The fraction of sp³-hybridized carbons (Fsp3) is 0.371. The van der Waals surface area contributed by atoms with E-state index >= 15 is 0 Å². The lowest BCUT2D eigenvalue weighted by Gasteiger charge is -2.33. The summed E-state index contributed by atoms with van der Waals surface area (Å²) in [5.74, 6) is 1.83. The Kier molecular flexibility index (Phi) is 8.25. The first-order valence-electron chi connectivity index (χ1n) is 15.4. The molecule has 0 radical (unpaired) electrons. The molecular weight excluding hydrogens is 597 g/mol. The van der Waals surface area contributed by atoms with Crippen molar-refractivity contribution in [3.8, 4) is 5.75 Å². The van der Waals surface area contributed by atoms with E-state index in [1.54, 1.807) is 12.1 Å². The molecule has 3 aromatic carbocycles. The quantitative estimate of drug-likeness (QED) is 0.157. The van der Waals surface area contributed by atoms with Crippen LogP contribution in [0.5, 0.6) is 5.75 Å². The minimum Gasteiger partial charge on any atom is -0.488 e. The van der Waals surface area contributed by atoms with E-state index < -0.39 is 6.01 Å². The Balaban J connectivity index is 1.07. The smallest absolute Gasteiger partial charge is 0.337 e. The molecule has 2 aliphatic rings. The van der Waals surface area contributed by atoms with Gasteiger partial charge in [-0.3, -0.25) is 4.90 Å². The molecule has 5 aromatic rings. The zero-order valence-corrected chi connectivity index (χ0v) is 26.1. The number of carbonyl (C=O) groups is 1. The van der Waals surface area contributed by atoms with E-state index in [1.807, 2.05) is 18.2 Å². The molecule has 2 aliphatic heterocycles. The normalized spacial score (nSPS) is 17.6. The average molecular weight is 632 g/mol. The van der Waals surface area contributed by atoms with E-state index in [0.717, 1.165) is 72.7 Å². The summed E-state index contributed by atoms with van der Waals surface area (Å²) in [6.45, 7) is 6.34. The topological polar surface area (TPSA) is 79.0 Å². The molecule has 0 unspecified atom stereocenters. The molecule has 2 saturated heterocycles. The highest BCUT2D eigenvalue weighted by atomic mass is 35.5. The van der Waals surface area contributed by atoms with Crippen LogP contribution in [0.15, 0.2) is 59.0 Å². The standard InChI is InChI=1S/C35H35ClFN3O5/c1-21-4-3-5-26(33(21)44-20-24-6-8-28(36)27-17-31(37)45-34(24)27)22-10-13-39(14-11-22)19-32-38-29-9-7-23(35(41)42-2)16-30(29)40(32)18-25-12-15-43-25/h3-9,16-17,22,25H,10-15,18-20H2,1-2H3/t25-/m0/s1. The zero-order valence-electron chi connectivity index (χ0n) is 25.4. The van der Waals surface area contributed by atoms with E-state index in [4.69, 9.17) is 35.2 Å². The highest BCUT2D eigenvalue weighted by Gasteiger charge is 2.27. The van der Waals surface area contributed by atoms with Crippen LogP contribution in [0.4, 0.5) is 4.39 Å². The highest BCUT2D eigenvalue weighted by Crippen LogP contribution is 2.38. The maximum atomic E-state index is 13.9. The maximum absolute atomic E-state index is 13.9. The summed E-state index contributed by atoms with van der Waals surface area (Å²) in [5, 5.41) is 0.993. The number of nitrogens with zero attached hydrogens (tertiary/aromatic N) is 3. The number of imidazole rings is 1. The van der Waals surface area contributed by atoms with Crippen molar-refractivity contribution in [2.45, 2.75) is 57.9 Å². The molecule has 0 spiro atoms. The highest BCUT2D eigenvalue weighted by molar-refractivity contribution is 6.35. The molecule has 45 heavy (non-hydrogen) atoms. The van der Waals surface area contributed by atoms with Gasteiger partial charge in [-0.1, -0.05) is 35.9 Å². The third kappa shape index (κ3) is 5.92. The molecule has 1 atom stereocenters. The molecule has 0 bridgehead atoms. The first kappa shape index (κ1) is 29.8. The third-order valence-corrected chi connectivity index (χ3v) is 9.45. The molecule has 2 aromatic heterocycles. The van der Waals surface area contributed by atoms with E-state index in [0.29, 0.717) is 40.6 Å². The molecule has 0 amide bonds. The van der Waals surface area contributed by atoms with E-state index in [1.165, 1.54) is 18.7 Å². The Morgan fingerprint density at radius 1 is 1.11 bits per heavy atom. The summed E-state index contributed by atoms with van der Waals surface area (Å²) in [6.07, 6.45) is 3.13. The van der Waals surface area contributed by atoms with Crippen LogP contribution in [0.2, 0.25) is 5.02 Å². The molecule has 0 saturated carbocycles. The van der Waals surface area contributed by atoms with Gasteiger partial charge in [0.2, 0.25) is 0 Å². The number of para-hydroxylation sites is 1. The van der Waals surface area contributed by atoms with Crippen molar-refractivity contribution in [2.75, 3.05) is 26.8 Å². The number of hydrogen-bond donors (Lipinski definition) is 0. The Morgan fingerprint density at radius 2 is 1.93 bits per heavy atom. The fourth-order valence-electron chi connectivity index (χ4n) is 6.55. The number of ether oxygens (including phenoxy) is 3. The number of aryl methyl sites for hydroxylation is 1. The number of piperidine rings is 1. The van der Waals surface area contributed by atoms with Crippen molar-refractivity contribution in [1.82, 2.24) is 14.5 Å². The summed E-state index contributed by atoms with van der Waals surface area (Å²) in [5.41, 5.74) is 5.72. The van der Waals surface area contributed by atoms with Crippen LogP contribution in [-0.2, 0) is 29.2 Å². The van der Waals surface area contributed by atoms with Gasteiger partial charge in [-0.25, -0.2) is 9.78 Å². The van der Waals surface area contributed by atoms with Crippen LogP contribution >= 0.6 is 11.6 Å². The van der Waals surface area contributed by atoms with Gasteiger partial charge in [-0.05, 0) is 80.6 Å². The minimum atomic E-state index is -0.666. The van der Waals surface area contributed by atoms with Crippen molar-refractivity contribution in [3.63, 3.8) is 0 Å². The Bertz CT molecular complexity index is 1870. The van der Waals surface area contributed by atoms with Crippen LogP contribution in [0, 0.1) is 12.9 Å². The van der Waals surface area contributed by atoms with Crippen molar-refractivity contribution in [1.29, 1.82) is 0 Å². The second kappa shape index (κ2) is 12.5. The largest absolute Gasteiger partial charge is 0.488 e. The number of furan rings is 1. The van der Waals surface area contributed by atoms with Crippen molar-refractivity contribution in [2.24, 2.45) is 0 Å². The number of hydrogen-bond acceptors (Lipinski definition) is 7. The Hall–Kier alpha value is -3.92. The van der Waals surface area contributed by atoms with Crippen molar-refractivity contribution >= 4 is 39.6 Å². The van der Waals surface area contributed by atoms with Gasteiger partial charge >= 0.3 is 5.97 Å². The van der Waals surface area contributed by atoms with Crippen LogP contribution in [0.1, 0.15) is 58.1 Å². The molecule has 0 aliphatic carbocycles. The molecule has 0 N–H and O–H groups in total. The monoisotopic (exact) mass is 631 g/mol. The molecule has 8 nitrogen and oxygen atoms in total. The van der Waals surface area contributed by atoms with Crippen LogP contribution in [0.25, 0.3) is 22.0 Å². The molecular formula is C35H35ClFN3O5. The number of aromatic nitrogens is 2. The zero-order chi connectivity index (χ0) is 31.1. The maximum Gasteiger partial charge on any atom is 0.337 e. The SMILES string of the molecule is COC(=O)c1ccc2nc(CN3CCC(c4cccc(C)c4OCc4ccc(Cl)c5cc(F)oc45)CC3)n(C[C@@H]3CCO3)c2c1. The van der Waals surface area contributed by atoms with Gasteiger partial charge in [0, 0.05) is 23.6 Å². The van der Waals surface area contributed by atoms with E-state index in [9.17, 15) is 9.18 Å². The number of halogens is 2. The predicted octanol–water partition coefficient (Wildman–Crippen LogP) is 7.42. The van der Waals surface area contributed by atoms with Crippen LogP contribution in [0.3, 0.4) is 0 Å². The van der Waals surface area contributed by atoms with Crippen molar-refractivity contribution in [3.05, 3.63) is 93.7 Å². The lowest BCUT2D eigenvalue weighted by atomic mass is 9.88. The average Bonchev–Trinajstić information content (AvgIpc) is 3.59. The van der Waals surface area contributed by atoms with Gasteiger partial charge in [0.15, 0.2) is 0 Å². The van der Waals surface area contributed by atoms with Crippen LogP contribution in [-0.4, -0.2) is 53.3 Å². The van der Waals surface area contributed by atoms with Gasteiger partial charge < -0.3 is 23.2 Å². The fourth-order valence-corrected chi connectivity index (χ4v) is 6.75. The van der Waals surface area contributed by atoms with Gasteiger partial charge in [0.25, 0.3) is 6.01 Å². The Morgan fingerprint density at radius 3 is 2.69 bits per heavy atom. The number of carbonyl (C=O) groups excluding carboxylic acids is 1. The third-order valence-electron chi connectivity index (χ3n) is 9.12. The first-order chi connectivity index (χ1) is 21.9. The molecule has 234 valence electrons. The summed E-state index contributed by atoms with van der Waals surface area (Å²) in [4.78, 5) is 19.7.